The fourth-order valence-corrected chi connectivity index (χ4v) is 4.98. The first-order valence-electron chi connectivity index (χ1n) is 9.21. The molecule has 4 rings (SSSR count). The number of hydrogen-bond acceptors (Lipinski definition) is 4. The molecule has 0 spiro atoms. The number of nitrogens with zero attached hydrogens (tertiary/aromatic N) is 1. The van der Waals surface area contributed by atoms with E-state index in [-0.39, 0.29) is 5.91 Å². The molecule has 1 saturated heterocycles. The zero-order chi connectivity index (χ0) is 22.8. The Morgan fingerprint density at radius 3 is 2.47 bits per heavy atom. The predicted molar refractivity (Wildman–Crippen MR) is 139 cm³/mol. The maximum absolute atomic E-state index is 13.1. The van der Waals surface area contributed by atoms with E-state index in [0.29, 0.717) is 52.9 Å². The molecular formula is C23H13Cl4NO2S2. The van der Waals surface area contributed by atoms with Gasteiger partial charge in [-0.15, -0.1) is 0 Å². The molecule has 0 N–H and O–H groups in total. The van der Waals surface area contributed by atoms with Gasteiger partial charge in [0.25, 0.3) is 5.91 Å². The topological polar surface area (TPSA) is 29.5 Å². The molecule has 0 unspecified atom stereocenters. The molecule has 1 heterocycles. The molecule has 0 aliphatic carbocycles. The summed E-state index contributed by atoms with van der Waals surface area (Å²) in [6.45, 7) is 0.313. The largest absolute Gasteiger partial charge is 0.488 e. The zero-order valence-electron chi connectivity index (χ0n) is 16.2. The van der Waals surface area contributed by atoms with E-state index >= 15 is 0 Å². The highest BCUT2D eigenvalue weighted by molar-refractivity contribution is 8.27. The van der Waals surface area contributed by atoms with E-state index in [1.54, 1.807) is 48.5 Å². The Balaban J connectivity index is 1.61. The van der Waals surface area contributed by atoms with Gasteiger partial charge in [0.1, 0.15) is 12.4 Å². The van der Waals surface area contributed by atoms with Crippen molar-refractivity contribution in [2.45, 2.75) is 6.61 Å². The first-order valence-corrected chi connectivity index (χ1v) is 12.0. The average Bonchev–Trinajstić information content (AvgIpc) is 3.02. The second-order valence-corrected chi connectivity index (χ2v) is 10.1. The smallest absolute Gasteiger partial charge is 0.270 e. The number of benzene rings is 3. The summed E-state index contributed by atoms with van der Waals surface area (Å²) < 4.78 is 6.38. The van der Waals surface area contributed by atoms with Gasteiger partial charge in [0.2, 0.25) is 0 Å². The summed E-state index contributed by atoms with van der Waals surface area (Å²) >= 11 is 31.0. The lowest BCUT2D eigenvalue weighted by Crippen LogP contribution is -2.27. The Kier molecular flexibility index (Phi) is 7.35. The molecule has 32 heavy (non-hydrogen) atoms. The lowest BCUT2D eigenvalue weighted by Gasteiger charge is -2.15. The SMILES string of the molecule is O=C1/C(=C/c2cc(Cl)ccc2OCc2cccc(Cl)c2)SC(=S)N1c1ccc(Cl)c(Cl)c1. The van der Waals surface area contributed by atoms with Crippen molar-refractivity contribution in [2.75, 3.05) is 4.90 Å². The van der Waals surface area contributed by atoms with Crippen molar-refractivity contribution < 1.29 is 9.53 Å². The van der Waals surface area contributed by atoms with Gasteiger partial charge >= 0.3 is 0 Å². The predicted octanol–water partition coefficient (Wildman–Crippen LogP) is 8.29. The molecule has 0 radical (unpaired) electrons. The summed E-state index contributed by atoms with van der Waals surface area (Å²) in [6.07, 6.45) is 1.72. The molecule has 3 aromatic rings. The van der Waals surface area contributed by atoms with Gasteiger partial charge in [-0.1, -0.05) is 82.5 Å². The quantitative estimate of drug-likeness (QED) is 0.240. The van der Waals surface area contributed by atoms with Crippen molar-refractivity contribution >= 4 is 92.4 Å². The van der Waals surface area contributed by atoms with Crippen LogP contribution in [-0.4, -0.2) is 10.2 Å². The summed E-state index contributed by atoms with van der Waals surface area (Å²) in [7, 11) is 0. The molecule has 0 saturated carbocycles. The minimum atomic E-state index is -0.265. The lowest BCUT2D eigenvalue weighted by atomic mass is 10.1. The van der Waals surface area contributed by atoms with Crippen molar-refractivity contribution in [3.63, 3.8) is 0 Å². The normalized spacial score (nSPS) is 15.0. The van der Waals surface area contributed by atoms with Gasteiger partial charge in [-0.05, 0) is 60.2 Å². The first kappa shape index (κ1) is 23.4. The van der Waals surface area contributed by atoms with Gasteiger partial charge < -0.3 is 4.74 Å². The molecule has 1 aliphatic rings. The fourth-order valence-electron chi connectivity index (χ4n) is 3.01. The van der Waals surface area contributed by atoms with E-state index in [1.807, 2.05) is 18.2 Å². The van der Waals surface area contributed by atoms with E-state index in [4.69, 9.17) is 63.4 Å². The van der Waals surface area contributed by atoms with E-state index < -0.39 is 0 Å². The minimum Gasteiger partial charge on any atom is -0.488 e. The van der Waals surface area contributed by atoms with E-state index in [2.05, 4.69) is 0 Å². The highest BCUT2D eigenvalue weighted by Crippen LogP contribution is 2.39. The van der Waals surface area contributed by atoms with Crippen LogP contribution in [0.5, 0.6) is 5.75 Å². The van der Waals surface area contributed by atoms with Gasteiger partial charge in [0.05, 0.1) is 20.6 Å². The summed E-state index contributed by atoms with van der Waals surface area (Å²) in [4.78, 5) is 15.0. The van der Waals surface area contributed by atoms with Crippen LogP contribution >= 0.6 is 70.4 Å². The molecule has 0 aromatic heterocycles. The number of ether oxygens (including phenoxy) is 1. The van der Waals surface area contributed by atoms with Crippen LogP contribution in [0, 0.1) is 0 Å². The molecule has 9 heteroatoms. The van der Waals surface area contributed by atoms with Crippen LogP contribution in [-0.2, 0) is 11.4 Å². The van der Waals surface area contributed by atoms with Gasteiger partial charge in [0, 0.05) is 15.6 Å². The highest BCUT2D eigenvalue weighted by atomic mass is 35.5. The number of thiocarbonyl (C=S) groups is 1. The van der Waals surface area contributed by atoms with Crippen LogP contribution in [0.4, 0.5) is 5.69 Å². The molecular weight excluding hydrogens is 528 g/mol. The fraction of sp³-hybridized carbons (Fsp3) is 0.0435. The Hall–Kier alpha value is -1.73. The summed E-state index contributed by atoms with van der Waals surface area (Å²) in [5, 5.41) is 1.89. The molecule has 3 aromatic carbocycles. The van der Waals surface area contributed by atoms with Crippen molar-refractivity contribution in [1.82, 2.24) is 0 Å². The van der Waals surface area contributed by atoms with Gasteiger partial charge in [-0.25, -0.2) is 0 Å². The number of thioether (sulfide) groups is 1. The van der Waals surface area contributed by atoms with Crippen LogP contribution in [0.15, 0.2) is 65.6 Å². The molecule has 1 aliphatic heterocycles. The summed E-state index contributed by atoms with van der Waals surface area (Å²) in [6, 6.07) is 17.6. The Morgan fingerprint density at radius 1 is 0.938 bits per heavy atom. The second-order valence-electron chi connectivity index (χ2n) is 6.72. The van der Waals surface area contributed by atoms with Gasteiger partial charge in [0.15, 0.2) is 4.32 Å². The number of anilines is 1. The third kappa shape index (κ3) is 5.25. The Bertz CT molecular complexity index is 1260. The lowest BCUT2D eigenvalue weighted by molar-refractivity contribution is -0.113. The molecule has 1 amide bonds. The molecule has 0 atom stereocenters. The third-order valence-corrected chi connectivity index (χ3v) is 7.01. The number of hydrogen-bond donors (Lipinski definition) is 0. The van der Waals surface area contributed by atoms with Crippen LogP contribution < -0.4 is 9.64 Å². The van der Waals surface area contributed by atoms with Crippen molar-refractivity contribution in [3.8, 4) is 5.75 Å². The third-order valence-electron chi connectivity index (χ3n) is 4.50. The second kappa shape index (κ2) is 10.0. The van der Waals surface area contributed by atoms with E-state index in [1.165, 1.54) is 16.7 Å². The zero-order valence-corrected chi connectivity index (χ0v) is 20.8. The van der Waals surface area contributed by atoms with Crippen molar-refractivity contribution in [3.05, 3.63) is 96.8 Å². The maximum Gasteiger partial charge on any atom is 0.270 e. The molecule has 3 nitrogen and oxygen atoms in total. The van der Waals surface area contributed by atoms with Crippen LogP contribution in [0.25, 0.3) is 6.08 Å². The van der Waals surface area contributed by atoms with Crippen molar-refractivity contribution in [1.29, 1.82) is 0 Å². The number of carbonyl (C=O) groups is 1. The summed E-state index contributed by atoms with van der Waals surface area (Å²) in [5.74, 6) is 0.313. The van der Waals surface area contributed by atoms with Crippen LogP contribution in [0.3, 0.4) is 0 Å². The molecule has 1 fully saturated rings. The number of halogens is 4. The monoisotopic (exact) mass is 539 g/mol. The summed E-state index contributed by atoms with van der Waals surface area (Å²) in [5.41, 5.74) is 2.13. The van der Waals surface area contributed by atoms with E-state index in [0.717, 1.165) is 5.56 Å². The Morgan fingerprint density at radius 2 is 1.72 bits per heavy atom. The number of amides is 1. The van der Waals surface area contributed by atoms with Crippen LogP contribution in [0.1, 0.15) is 11.1 Å². The number of rotatable bonds is 5. The van der Waals surface area contributed by atoms with Gasteiger partial charge in [-0.3, -0.25) is 9.69 Å². The number of carbonyl (C=O) groups excluding carboxylic acids is 1. The van der Waals surface area contributed by atoms with Crippen molar-refractivity contribution in [2.24, 2.45) is 0 Å². The van der Waals surface area contributed by atoms with Gasteiger partial charge in [-0.2, -0.15) is 0 Å². The average molecular weight is 541 g/mol. The van der Waals surface area contributed by atoms with Crippen LogP contribution in [0.2, 0.25) is 20.1 Å². The highest BCUT2D eigenvalue weighted by Gasteiger charge is 2.33. The van der Waals surface area contributed by atoms with E-state index in [9.17, 15) is 4.79 Å². The minimum absolute atomic E-state index is 0.265. The Labute approximate surface area is 214 Å². The molecule has 0 bridgehead atoms. The standard InChI is InChI=1S/C23H13Cl4NO2S2/c24-15-3-1-2-13(8-15)12-30-20-7-4-16(25)9-14(20)10-21-22(29)28(23(31)32-21)17-5-6-18(26)19(27)11-17/h1-11H,12H2/b21-10-. The molecule has 162 valence electrons. The first-order chi connectivity index (χ1) is 15.3. The maximum atomic E-state index is 13.1.